The van der Waals surface area contributed by atoms with Crippen LogP contribution in [0.5, 0.6) is 0 Å². The van der Waals surface area contributed by atoms with Crippen molar-refractivity contribution in [1.82, 2.24) is 9.62 Å². The topological polar surface area (TPSA) is 66.5 Å². The summed E-state index contributed by atoms with van der Waals surface area (Å²) >= 11 is 0. The first-order valence-electron chi connectivity index (χ1n) is 6.80. The third kappa shape index (κ3) is 6.19. The van der Waals surface area contributed by atoms with Crippen molar-refractivity contribution in [3.05, 3.63) is 29.3 Å². The van der Waals surface area contributed by atoms with Gasteiger partial charge in [0.1, 0.15) is 6.54 Å². The van der Waals surface area contributed by atoms with Crippen molar-refractivity contribution in [1.29, 1.82) is 0 Å². The molecule has 1 aromatic carbocycles. The molecular formula is C14H19F3N2O3S. The first kappa shape index (κ1) is 19.4. The highest BCUT2D eigenvalue weighted by Gasteiger charge is 2.31. The second-order valence-electron chi connectivity index (χ2n) is 5.28. The van der Waals surface area contributed by atoms with Gasteiger partial charge in [0.25, 0.3) is 0 Å². The lowest BCUT2D eigenvalue weighted by molar-refractivity contribution is -0.158. The van der Waals surface area contributed by atoms with Crippen molar-refractivity contribution in [3.8, 4) is 0 Å². The Hall–Kier alpha value is -1.61. The normalized spacial score (nSPS) is 12.3. The summed E-state index contributed by atoms with van der Waals surface area (Å²) in [5, 5.41) is 0. The molecule has 1 amide bonds. The minimum Gasteiger partial charge on any atom is -0.337 e. The first-order chi connectivity index (χ1) is 10.4. The molecule has 1 aromatic rings. The number of hydrogen-bond donors (Lipinski definition) is 1. The minimum atomic E-state index is -4.48. The van der Waals surface area contributed by atoms with Crippen molar-refractivity contribution in [2.24, 2.45) is 0 Å². The van der Waals surface area contributed by atoms with Gasteiger partial charge in [-0.1, -0.05) is 17.7 Å². The molecule has 0 fully saturated rings. The van der Waals surface area contributed by atoms with Gasteiger partial charge in [0.05, 0.1) is 4.90 Å². The van der Waals surface area contributed by atoms with Crippen LogP contribution < -0.4 is 4.72 Å². The van der Waals surface area contributed by atoms with E-state index in [-0.39, 0.29) is 17.9 Å². The number of rotatable bonds is 6. The van der Waals surface area contributed by atoms with E-state index in [1.807, 2.05) is 6.92 Å². The molecule has 0 spiro atoms. The maximum Gasteiger partial charge on any atom is 0.406 e. The molecule has 9 heteroatoms. The third-order valence-electron chi connectivity index (χ3n) is 3.09. The van der Waals surface area contributed by atoms with Gasteiger partial charge in [0.15, 0.2) is 0 Å². The Kier molecular flexibility index (Phi) is 6.18. The molecule has 0 unspecified atom stereocenters. The number of hydrogen-bond acceptors (Lipinski definition) is 3. The van der Waals surface area contributed by atoms with E-state index >= 15 is 0 Å². The lowest BCUT2D eigenvalue weighted by Gasteiger charge is -2.19. The number of amides is 1. The number of halogens is 3. The molecule has 1 rings (SSSR count). The first-order valence-corrected chi connectivity index (χ1v) is 8.28. The van der Waals surface area contributed by atoms with Gasteiger partial charge in [0.2, 0.25) is 15.9 Å². The predicted molar refractivity (Wildman–Crippen MR) is 79.4 cm³/mol. The minimum absolute atomic E-state index is 0.0826. The van der Waals surface area contributed by atoms with E-state index < -0.39 is 28.7 Å². The van der Waals surface area contributed by atoms with Gasteiger partial charge in [-0.15, -0.1) is 0 Å². The number of nitrogens with one attached hydrogen (secondary N) is 1. The zero-order valence-corrected chi connectivity index (χ0v) is 13.9. The van der Waals surface area contributed by atoms with Gasteiger partial charge >= 0.3 is 6.18 Å². The van der Waals surface area contributed by atoms with Gasteiger partial charge in [0, 0.05) is 20.0 Å². The molecular weight excluding hydrogens is 333 g/mol. The van der Waals surface area contributed by atoms with Crippen LogP contribution in [-0.2, 0) is 14.8 Å². The van der Waals surface area contributed by atoms with Crippen LogP contribution in [0.25, 0.3) is 0 Å². The fourth-order valence-corrected chi connectivity index (χ4v) is 3.28. The van der Waals surface area contributed by atoms with E-state index in [2.05, 4.69) is 4.72 Å². The summed E-state index contributed by atoms with van der Waals surface area (Å²) in [6, 6.07) is 4.80. The van der Waals surface area contributed by atoms with Crippen molar-refractivity contribution >= 4 is 15.9 Å². The van der Waals surface area contributed by atoms with Crippen molar-refractivity contribution < 1.29 is 26.4 Å². The largest absolute Gasteiger partial charge is 0.406 e. The van der Waals surface area contributed by atoms with Gasteiger partial charge in [-0.25, -0.2) is 13.1 Å². The van der Waals surface area contributed by atoms with Crippen LogP contribution in [-0.4, -0.2) is 45.5 Å². The molecule has 0 saturated carbocycles. The molecule has 1 N–H and O–H groups in total. The van der Waals surface area contributed by atoms with Gasteiger partial charge in [-0.3, -0.25) is 4.79 Å². The Labute approximate surface area is 133 Å². The number of nitrogens with zero attached hydrogens (tertiary/aromatic N) is 1. The molecule has 0 aliphatic heterocycles. The zero-order valence-electron chi connectivity index (χ0n) is 13.1. The number of benzene rings is 1. The van der Waals surface area contributed by atoms with Crippen LogP contribution in [0, 0.1) is 13.8 Å². The summed E-state index contributed by atoms with van der Waals surface area (Å²) < 4.78 is 63.0. The average Bonchev–Trinajstić information content (AvgIpc) is 2.35. The van der Waals surface area contributed by atoms with Crippen molar-refractivity contribution in [3.63, 3.8) is 0 Å². The Bertz CT molecular complexity index is 672. The van der Waals surface area contributed by atoms with Crippen LogP contribution in [0.2, 0.25) is 0 Å². The lowest BCUT2D eigenvalue weighted by Crippen LogP contribution is -2.37. The molecule has 0 aliphatic carbocycles. The summed E-state index contributed by atoms with van der Waals surface area (Å²) in [4.78, 5) is 12.1. The molecule has 0 radical (unpaired) electrons. The van der Waals surface area contributed by atoms with Crippen LogP contribution in [0.15, 0.2) is 23.1 Å². The van der Waals surface area contributed by atoms with E-state index in [4.69, 9.17) is 0 Å². The van der Waals surface area contributed by atoms with Crippen LogP contribution in [0.4, 0.5) is 13.2 Å². The SMILES string of the molecule is Cc1ccc(S(=O)(=O)NCCC(=O)N(C)CC(F)(F)F)c(C)c1. The second-order valence-corrected chi connectivity index (χ2v) is 7.02. The summed E-state index contributed by atoms with van der Waals surface area (Å²) in [6.45, 7) is 1.84. The number of carbonyl (C=O) groups excluding carboxylic acids is 1. The predicted octanol–water partition coefficient (Wildman–Crippen LogP) is 1.99. The van der Waals surface area contributed by atoms with Crippen LogP contribution in [0.3, 0.4) is 0 Å². The highest BCUT2D eigenvalue weighted by Crippen LogP contribution is 2.17. The van der Waals surface area contributed by atoms with Gasteiger partial charge < -0.3 is 4.90 Å². The van der Waals surface area contributed by atoms with E-state index in [1.165, 1.54) is 6.07 Å². The number of aryl methyl sites for hydroxylation is 2. The van der Waals surface area contributed by atoms with Crippen LogP contribution >= 0.6 is 0 Å². The smallest absolute Gasteiger partial charge is 0.337 e. The standard InChI is InChI=1S/C14H19F3N2O3S/c1-10-4-5-12(11(2)8-10)23(21,22)18-7-6-13(20)19(3)9-14(15,16)17/h4-5,8,18H,6-7,9H2,1-3H3. The molecule has 0 saturated heterocycles. The summed E-state index contributed by atoms with van der Waals surface area (Å²) in [5.41, 5.74) is 1.46. The van der Waals surface area contributed by atoms with Crippen molar-refractivity contribution in [2.75, 3.05) is 20.1 Å². The maximum absolute atomic E-state index is 12.2. The summed E-state index contributed by atoms with van der Waals surface area (Å²) in [5.74, 6) is -0.786. The van der Waals surface area contributed by atoms with Gasteiger partial charge in [-0.2, -0.15) is 13.2 Å². The third-order valence-corrected chi connectivity index (χ3v) is 4.71. The zero-order chi connectivity index (χ0) is 17.8. The van der Waals surface area contributed by atoms with E-state index in [0.29, 0.717) is 10.5 Å². The monoisotopic (exact) mass is 352 g/mol. The molecule has 23 heavy (non-hydrogen) atoms. The second kappa shape index (κ2) is 7.31. The van der Waals surface area contributed by atoms with E-state index in [0.717, 1.165) is 12.6 Å². The highest BCUT2D eigenvalue weighted by molar-refractivity contribution is 7.89. The van der Waals surface area contributed by atoms with Gasteiger partial charge in [-0.05, 0) is 25.5 Å². The quantitative estimate of drug-likeness (QED) is 0.851. The number of sulfonamides is 1. The molecule has 5 nitrogen and oxygen atoms in total. The molecule has 0 aliphatic rings. The van der Waals surface area contributed by atoms with E-state index in [9.17, 15) is 26.4 Å². The van der Waals surface area contributed by atoms with E-state index in [1.54, 1.807) is 19.1 Å². The Morgan fingerprint density at radius 1 is 1.26 bits per heavy atom. The maximum atomic E-state index is 12.2. The molecule has 0 aromatic heterocycles. The summed E-state index contributed by atoms with van der Waals surface area (Å²) in [7, 11) is -2.78. The Balaban J connectivity index is 2.62. The molecule has 130 valence electrons. The van der Waals surface area contributed by atoms with Crippen LogP contribution in [0.1, 0.15) is 17.5 Å². The Morgan fingerprint density at radius 3 is 2.39 bits per heavy atom. The molecule has 0 heterocycles. The van der Waals surface area contributed by atoms with Crippen molar-refractivity contribution in [2.45, 2.75) is 31.3 Å². The lowest BCUT2D eigenvalue weighted by atomic mass is 10.2. The summed E-state index contributed by atoms with van der Waals surface area (Å²) in [6.07, 6.45) is -4.83. The fraction of sp³-hybridized carbons (Fsp3) is 0.500. The molecule has 0 bridgehead atoms. The fourth-order valence-electron chi connectivity index (χ4n) is 2.02. The molecule has 0 atom stereocenters. The number of carbonyl (C=O) groups is 1. The average molecular weight is 352 g/mol. The Morgan fingerprint density at radius 2 is 1.87 bits per heavy atom. The highest BCUT2D eigenvalue weighted by atomic mass is 32.2. The number of alkyl halides is 3.